The van der Waals surface area contributed by atoms with Crippen molar-refractivity contribution in [1.82, 2.24) is 25.1 Å². The van der Waals surface area contributed by atoms with Gasteiger partial charge in [-0.2, -0.15) is 0 Å². The Kier molecular flexibility index (Phi) is 6.00. The second-order valence-electron chi connectivity index (χ2n) is 8.76. The van der Waals surface area contributed by atoms with Crippen LogP contribution in [-0.4, -0.2) is 64.6 Å². The number of fused-ring (bicyclic) bond motifs is 1. The van der Waals surface area contributed by atoms with E-state index in [1.54, 1.807) is 0 Å². The Labute approximate surface area is 192 Å². The number of ether oxygens (including phenoxy) is 1. The van der Waals surface area contributed by atoms with Crippen molar-refractivity contribution < 1.29 is 14.3 Å². The number of carbonyl (C=O) groups excluding carboxylic acids is 2. The third kappa shape index (κ3) is 4.57. The average molecular weight is 448 g/mol. The number of imidazole rings is 1. The van der Waals surface area contributed by atoms with Crippen LogP contribution >= 0.6 is 0 Å². The van der Waals surface area contributed by atoms with Crippen molar-refractivity contribution in [2.75, 3.05) is 32.8 Å². The Morgan fingerprint density at radius 2 is 2.00 bits per heavy atom. The summed E-state index contributed by atoms with van der Waals surface area (Å²) >= 11 is 0. The molecule has 8 heteroatoms. The number of rotatable bonds is 4. The van der Waals surface area contributed by atoms with Crippen LogP contribution in [0.15, 0.2) is 42.5 Å². The van der Waals surface area contributed by atoms with Crippen molar-refractivity contribution in [3.05, 3.63) is 65.0 Å². The molecule has 2 fully saturated rings. The number of likely N-dealkylation sites (tertiary alicyclic amines) is 1. The number of aryl methyl sites for hydroxylation is 1. The third-order valence-corrected chi connectivity index (χ3v) is 6.40. The van der Waals surface area contributed by atoms with E-state index >= 15 is 0 Å². The predicted octanol–water partition coefficient (Wildman–Crippen LogP) is 3.39. The smallest absolute Gasteiger partial charge is 0.318 e. The van der Waals surface area contributed by atoms with E-state index in [0.29, 0.717) is 45.0 Å². The summed E-state index contributed by atoms with van der Waals surface area (Å²) in [5.74, 6) is 0.840. The van der Waals surface area contributed by atoms with Crippen LogP contribution in [0.25, 0.3) is 11.0 Å². The molecule has 0 radical (unpaired) electrons. The minimum absolute atomic E-state index is 0.00575. The predicted molar refractivity (Wildman–Crippen MR) is 125 cm³/mol. The first kappa shape index (κ1) is 21.5. The first-order valence-electron chi connectivity index (χ1n) is 11.6. The number of H-pyrrole nitrogens is 1. The maximum Gasteiger partial charge on any atom is 0.318 e. The number of hydrogen-bond acceptors (Lipinski definition) is 4. The molecule has 2 N–H and O–H groups in total. The van der Waals surface area contributed by atoms with Gasteiger partial charge in [-0.05, 0) is 55.2 Å². The number of carbonyl (C=O) groups is 2. The van der Waals surface area contributed by atoms with Gasteiger partial charge in [-0.15, -0.1) is 0 Å². The SMILES string of the molecule is Cc1ccc2nc(C3CCCN3C(=O)NCc3cccc(C(=O)N4CCOCC4)c3)[nH]c2c1. The summed E-state index contributed by atoms with van der Waals surface area (Å²) in [7, 11) is 0. The monoisotopic (exact) mass is 447 g/mol. The molecular weight excluding hydrogens is 418 g/mol. The fourth-order valence-corrected chi connectivity index (χ4v) is 4.64. The van der Waals surface area contributed by atoms with Crippen molar-refractivity contribution >= 4 is 23.0 Å². The maximum atomic E-state index is 13.0. The highest BCUT2D eigenvalue weighted by molar-refractivity contribution is 5.94. The van der Waals surface area contributed by atoms with Crippen LogP contribution in [0.4, 0.5) is 4.79 Å². The zero-order valence-electron chi connectivity index (χ0n) is 18.8. The Balaban J connectivity index is 1.24. The van der Waals surface area contributed by atoms with Gasteiger partial charge in [0, 0.05) is 31.7 Å². The first-order valence-corrected chi connectivity index (χ1v) is 11.6. The minimum Gasteiger partial charge on any atom is -0.378 e. The summed E-state index contributed by atoms with van der Waals surface area (Å²) < 4.78 is 5.33. The number of benzene rings is 2. The quantitative estimate of drug-likeness (QED) is 0.642. The van der Waals surface area contributed by atoms with Crippen LogP contribution in [0, 0.1) is 6.92 Å². The molecule has 1 aromatic heterocycles. The largest absolute Gasteiger partial charge is 0.378 e. The molecule has 0 bridgehead atoms. The van der Waals surface area contributed by atoms with Gasteiger partial charge in [0.1, 0.15) is 5.82 Å². The van der Waals surface area contributed by atoms with Crippen LogP contribution in [0.5, 0.6) is 0 Å². The second-order valence-corrected chi connectivity index (χ2v) is 8.76. The number of hydrogen-bond donors (Lipinski definition) is 2. The molecule has 8 nitrogen and oxygen atoms in total. The third-order valence-electron chi connectivity index (χ3n) is 6.40. The molecule has 172 valence electrons. The van der Waals surface area contributed by atoms with E-state index in [2.05, 4.69) is 23.3 Å². The molecule has 0 spiro atoms. The molecule has 3 aromatic rings. The number of nitrogens with zero attached hydrogens (tertiary/aromatic N) is 3. The van der Waals surface area contributed by atoms with Gasteiger partial charge in [-0.25, -0.2) is 9.78 Å². The van der Waals surface area contributed by atoms with E-state index in [1.807, 2.05) is 46.2 Å². The van der Waals surface area contributed by atoms with E-state index in [1.165, 1.54) is 5.56 Å². The molecule has 33 heavy (non-hydrogen) atoms. The van der Waals surface area contributed by atoms with Crippen LogP contribution in [0.1, 0.15) is 46.2 Å². The van der Waals surface area contributed by atoms with E-state index in [4.69, 9.17) is 9.72 Å². The number of nitrogens with one attached hydrogen (secondary N) is 2. The summed E-state index contributed by atoms with van der Waals surface area (Å²) in [5, 5.41) is 3.03. The molecule has 0 aliphatic carbocycles. The molecule has 2 aliphatic rings. The lowest BCUT2D eigenvalue weighted by molar-refractivity contribution is 0.0303. The highest BCUT2D eigenvalue weighted by Gasteiger charge is 2.32. The topological polar surface area (TPSA) is 90.6 Å². The summed E-state index contributed by atoms with van der Waals surface area (Å²) in [6.07, 6.45) is 1.83. The number of aromatic nitrogens is 2. The lowest BCUT2D eigenvalue weighted by Gasteiger charge is -2.27. The van der Waals surface area contributed by atoms with Crippen molar-refractivity contribution in [3.8, 4) is 0 Å². The molecule has 5 rings (SSSR count). The van der Waals surface area contributed by atoms with E-state index in [0.717, 1.165) is 35.3 Å². The normalized spacial score (nSPS) is 18.6. The molecule has 2 aliphatic heterocycles. The van der Waals surface area contributed by atoms with E-state index in [9.17, 15) is 9.59 Å². The van der Waals surface area contributed by atoms with Crippen LogP contribution in [0.3, 0.4) is 0 Å². The Morgan fingerprint density at radius 3 is 2.85 bits per heavy atom. The van der Waals surface area contributed by atoms with Gasteiger partial charge >= 0.3 is 6.03 Å². The Morgan fingerprint density at radius 1 is 1.15 bits per heavy atom. The van der Waals surface area contributed by atoms with Gasteiger partial charge < -0.3 is 24.8 Å². The number of amides is 3. The lowest BCUT2D eigenvalue weighted by Crippen LogP contribution is -2.41. The fourth-order valence-electron chi connectivity index (χ4n) is 4.64. The summed E-state index contributed by atoms with van der Waals surface area (Å²) in [5.41, 5.74) is 4.63. The van der Waals surface area contributed by atoms with Crippen LogP contribution in [-0.2, 0) is 11.3 Å². The standard InChI is InChI=1S/C25H29N5O3/c1-17-7-8-20-21(14-17)28-23(27-20)22-6-3-9-30(22)25(32)26-16-18-4-2-5-19(15-18)24(31)29-10-12-33-13-11-29/h2,4-5,7-8,14-15,22H,3,6,9-13,16H2,1H3,(H,26,32)(H,27,28). The molecule has 2 saturated heterocycles. The van der Waals surface area contributed by atoms with Gasteiger partial charge in [0.05, 0.1) is 30.3 Å². The maximum absolute atomic E-state index is 13.0. The number of morpholine rings is 1. The molecule has 3 amide bonds. The summed E-state index contributed by atoms with van der Waals surface area (Å²) in [6.45, 7) is 5.48. The van der Waals surface area contributed by atoms with Crippen LogP contribution in [0.2, 0.25) is 0 Å². The fraction of sp³-hybridized carbons (Fsp3) is 0.400. The molecular formula is C25H29N5O3. The molecule has 1 unspecified atom stereocenters. The van der Waals surface area contributed by atoms with Gasteiger partial charge in [0.15, 0.2) is 0 Å². The van der Waals surface area contributed by atoms with Crippen molar-refractivity contribution in [2.45, 2.75) is 32.4 Å². The zero-order chi connectivity index (χ0) is 22.8. The summed E-state index contributed by atoms with van der Waals surface area (Å²) in [4.78, 5) is 37.6. The average Bonchev–Trinajstić information content (AvgIpc) is 3.49. The molecule has 0 saturated carbocycles. The van der Waals surface area contributed by atoms with Gasteiger partial charge in [0.2, 0.25) is 0 Å². The zero-order valence-corrected chi connectivity index (χ0v) is 18.8. The van der Waals surface area contributed by atoms with Gasteiger partial charge in [-0.1, -0.05) is 18.2 Å². The highest BCUT2D eigenvalue weighted by Crippen LogP contribution is 2.31. The highest BCUT2D eigenvalue weighted by atomic mass is 16.5. The van der Waals surface area contributed by atoms with Crippen molar-refractivity contribution in [3.63, 3.8) is 0 Å². The Hall–Kier alpha value is -3.39. The second kappa shape index (κ2) is 9.23. The molecule has 3 heterocycles. The van der Waals surface area contributed by atoms with Crippen LogP contribution < -0.4 is 5.32 Å². The van der Waals surface area contributed by atoms with Gasteiger partial charge in [-0.3, -0.25) is 4.79 Å². The summed E-state index contributed by atoms with van der Waals surface area (Å²) in [6, 6.07) is 13.4. The first-order chi connectivity index (χ1) is 16.1. The lowest BCUT2D eigenvalue weighted by atomic mass is 10.1. The molecule has 1 atom stereocenters. The minimum atomic E-state index is -0.112. The number of urea groups is 1. The molecule has 2 aromatic carbocycles. The number of aromatic amines is 1. The van der Waals surface area contributed by atoms with E-state index < -0.39 is 0 Å². The van der Waals surface area contributed by atoms with E-state index in [-0.39, 0.29) is 18.0 Å². The van der Waals surface area contributed by atoms with Gasteiger partial charge in [0.25, 0.3) is 5.91 Å². The Bertz CT molecular complexity index is 1170. The van der Waals surface area contributed by atoms with Crippen molar-refractivity contribution in [2.24, 2.45) is 0 Å². The van der Waals surface area contributed by atoms with Crippen molar-refractivity contribution in [1.29, 1.82) is 0 Å².